The molecule has 1 fully saturated rings. The molecule has 2 aromatic rings. The monoisotopic (exact) mass is 427 g/mol. The van der Waals surface area contributed by atoms with Crippen LogP contribution in [-0.4, -0.2) is 40.6 Å². The normalized spacial score (nSPS) is 17.1. The van der Waals surface area contributed by atoms with Gasteiger partial charge in [-0.15, -0.1) is 10.2 Å². The number of aryl methyl sites for hydroxylation is 1. The van der Waals surface area contributed by atoms with Crippen LogP contribution in [0, 0.1) is 0 Å². The molecule has 0 unspecified atom stereocenters. The molecule has 2 aromatic heterocycles. The van der Waals surface area contributed by atoms with Crippen molar-refractivity contribution in [2.24, 2.45) is 0 Å². The number of aromatic nitrogens is 3. The molecule has 7 nitrogen and oxygen atoms in total. The summed E-state index contributed by atoms with van der Waals surface area (Å²) in [5, 5.41) is 11.5. The number of ether oxygens (including phenoxy) is 1. The molecule has 0 bridgehead atoms. The Hall–Kier alpha value is -1.58. The van der Waals surface area contributed by atoms with Crippen LogP contribution < -0.4 is 15.8 Å². The number of rotatable bonds is 4. The highest BCUT2D eigenvalue weighted by molar-refractivity contribution is 9.10. The van der Waals surface area contributed by atoms with E-state index in [0.717, 1.165) is 16.8 Å². The van der Waals surface area contributed by atoms with Crippen LogP contribution in [0.15, 0.2) is 33.7 Å². The molecule has 136 valence electrons. The lowest BCUT2D eigenvalue weighted by molar-refractivity contribution is 0.0984. The van der Waals surface area contributed by atoms with Crippen LogP contribution in [0.4, 0.5) is 17.3 Å². The molecule has 25 heavy (non-hydrogen) atoms. The summed E-state index contributed by atoms with van der Waals surface area (Å²) in [6.07, 6.45) is 1.77. The standard InChI is InChI=1S/C16H20BrN5O2.H2S/c1-3-21-9-12(17)8-13(16(21)23)18-14-4-5-15(20-19-14)22-6-7-24-10-11(22)2;/h4-5,8-9,11H,3,6-7,10H2,1-2H3,(H,18,19);1H2/t11-;/m0./s1. The molecule has 3 heterocycles. The molecule has 1 saturated heterocycles. The van der Waals surface area contributed by atoms with Gasteiger partial charge in [-0.25, -0.2) is 0 Å². The Kier molecular flexibility index (Phi) is 6.86. The number of nitrogens with one attached hydrogen (secondary N) is 1. The molecule has 9 heteroatoms. The Morgan fingerprint density at radius 1 is 1.40 bits per heavy atom. The Morgan fingerprint density at radius 2 is 2.20 bits per heavy atom. The fourth-order valence-electron chi connectivity index (χ4n) is 2.67. The second-order valence-corrected chi connectivity index (χ2v) is 6.60. The largest absolute Gasteiger partial charge is 0.377 e. The van der Waals surface area contributed by atoms with Crippen molar-refractivity contribution in [2.75, 3.05) is 30.0 Å². The van der Waals surface area contributed by atoms with E-state index < -0.39 is 0 Å². The third-order valence-electron chi connectivity index (χ3n) is 3.97. The highest BCUT2D eigenvalue weighted by Gasteiger charge is 2.20. The molecule has 0 radical (unpaired) electrons. The van der Waals surface area contributed by atoms with Crippen molar-refractivity contribution in [3.8, 4) is 0 Å². The molecule has 1 aliphatic rings. The van der Waals surface area contributed by atoms with Crippen molar-refractivity contribution in [1.82, 2.24) is 14.8 Å². The predicted molar refractivity (Wildman–Crippen MR) is 107 cm³/mol. The zero-order valence-electron chi connectivity index (χ0n) is 14.2. The first-order chi connectivity index (χ1) is 11.6. The van der Waals surface area contributed by atoms with E-state index >= 15 is 0 Å². The van der Waals surface area contributed by atoms with Crippen LogP contribution in [0.1, 0.15) is 13.8 Å². The van der Waals surface area contributed by atoms with Gasteiger partial charge in [0.25, 0.3) is 5.56 Å². The maximum atomic E-state index is 12.3. The minimum absolute atomic E-state index is 0. The van der Waals surface area contributed by atoms with Gasteiger partial charge < -0.3 is 19.5 Å². The molecule has 1 N–H and O–H groups in total. The van der Waals surface area contributed by atoms with Gasteiger partial charge in [0.15, 0.2) is 11.6 Å². The molecule has 0 aromatic carbocycles. The van der Waals surface area contributed by atoms with Crippen LogP contribution in [-0.2, 0) is 11.3 Å². The van der Waals surface area contributed by atoms with E-state index in [2.05, 4.69) is 43.3 Å². The average Bonchev–Trinajstić information content (AvgIpc) is 2.59. The summed E-state index contributed by atoms with van der Waals surface area (Å²) in [7, 11) is 0. The number of pyridine rings is 1. The molecule has 3 rings (SSSR count). The Bertz CT molecular complexity index is 768. The van der Waals surface area contributed by atoms with Crippen LogP contribution in [0.2, 0.25) is 0 Å². The smallest absolute Gasteiger partial charge is 0.274 e. The molecule has 0 amide bonds. The SMILES string of the molecule is CCn1cc(Br)cc(Nc2ccc(N3CCOC[C@@H]3C)nn2)c1=O.S. The molecule has 0 aliphatic carbocycles. The van der Waals surface area contributed by atoms with Crippen molar-refractivity contribution in [1.29, 1.82) is 0 Å². The van der Waals surface area contributed by atoms with Gasteiger partial charge in [-0.1, -0.05) is 0 Å². The lowest BCUT2D eigenvalue weighted by Crippen LogP contribution is -2.44. The highest BCUT2D eigenvalue weighted by Crippen LogP contribution is 2.19. The summed E-state index contributed by atoms with van der Waals surface area (Å²) >= 11 is 3.42. The summed E-state index contributed by atoms with van der Waals surface area (Å²) in [6, 6.07) is 5.76. The molecular formula is C16H22BrN5O2S. The Morgan fingerprint density at radius 3 is 2.84 bits per heavy atom. The maximum Gasteiger partial charge on any atom is 0.274 e. The van der Waals surface area contributed by atoms with E-state index in [-0.39, 0.29) is 25.1 Å². The second-order valence-electron chi connectivity index (χ2n) is 5.68. The first-order valence-corrected chi connectivity index (χ1v) is 8.73. The lowest BCUT2D eigenvalue weighted by Gasteiger charge is -2.33. The number of halogens is 1. The molecular weight excluding hydrogens is 406 g/mol. The summed E-state index contributed by atoms with van der Waals surface area (Å²) in [6.45, 7) is 6.82. The quantitative estimate of drug-likeness (QED) is 0.807. The van der Waals surface area contributed by atoms with Crippen LogP contribution in [0.5, 0.6) is 0 Å². The predicted octanol–water partition coefficient (Wildman–Crippen LogP) is 2.50. The van der Waals surface area contributed by atoms with Crippen molar-refractivity contribution in [2.45, 2.75) is 26.4 Å². The fourth-order valence-corrected chi connectivity index (χ4v) is 3.15. The third kappa shape index (κ3) is 4.53. The first kappa shape index (κ1) is 19.7. The Labute approximate surface area is 162 Å². The van der Waals surface area contributed by atoms with Crippen LogP contribution in [0.25, 0.3) is 0 Å². The van der Waals surface area contributed by atoms with Crippen molar-refractivity contribution in [3.05, 3.63) is 39.2 Å². The topological polar surface area (TPSA) is 72.3 Å². The van der Waals surface area contributed by atoms with E-state index in [1.165, 1.54) is 0 Å². The number of hydrogen-bond donors (Lipinski definition) is 1. The minimum Gasteiger partial charge on any atom is -0.377 e. The van der Waals surface area contributed by atoms with Gasteiger partial charge in [0.05, 0.1) is 19.3 Å². The fraction of sp³-hybridized carbons (Fsp3) is 0.438. The van der Waals surface area contributed by atoms with Gasteiger partial charge in [-0.3, -0.25) is 4.79 Å². The first-order valence-electron chi connectivity index (χ1n) is 7.93. The van der Waals surface area contributed by atoms with Gasteiger partial charge in [0.1, 0.15) is 5.69 Å². The minimum atomic E-state index is -0.0895. The summed E-state index contributed by atoms with van der Waals surface area (Å²) in [5.74, 6) is 1.36. The third-order valence-corrected chi connectivity index (χ3v) is 4.40. The summed E-state index contributed by atoms with van der Waals surface area (Å²) < 4.78 is 7.90. The highest BCUT2D eigenvalue weighted by atomic mass is 79.9. The van der Waals surface area contributed by atoms with E-state index in [9.17, 15) is 4.79 Å². The maximum absolute atomic E-state index is 12.3. The Balaban J connectivity index is 0.00000225. The zero-order chi connectivity index (χ0) is 17.1. The van der Waals surface area contributed by atoms with Crippen LogP contribution >= 0.6 is 29.4 Å². The van der Waals surface area contributed by atoms with Gasteiger partial charge >= 0.3 is 0 Å². The number of nitrogens with zero attached hydrogens (tertiary/aromatic N) is 4. The van der Waals surface area contributed by atoms with Gasteiger partial charge in [-0.05, 0) is 48.0 Å². The van der Waals surface area contributed by atoms with Gasteiger partial charge in [0, 0.05) is 23.8 Å². The van der Waals surface area contributed by atoms with Crippen molar-refractivity contribution < 1.29 is 4.74 Å². The van der Waals surface area contributed by atoms with Crippen molar-refractivity contribution >= 4 is 46.7 Å². The molecule has 0 saturated carbocycles. The molecule has 0 spiro atoms. The van der Waals surface area contributed by atoms with Gasteiger partial charge in [0.2, 0.25) is 0 Å². The van der Waals surface area contributed by atoms with Gasteiger partial charge in [-0.2, -0.15) is 13.5 Å². The van der Waals surface area contributed by atoms with E-state index in [0.29, 0.717) is 31.3 Å². The zero-order valence-corrected chi connectivity index (χ0v) is 16.8. The lowest BCUT2D eigenvalue weighted by atomic mass is 10.2. The van der Waals surface area contributed by atoms with E-state index in [1.807, 2.05) is 19.1 Å². The number of anilines is 3. The van der Waals surface area contributed by atoms with Crippen LogP contribution in [0.3, 0.4) is 0 Å². The van der Waals surface area contributed by atoms with E-state index in [4.69, 9.17) is 4.74 Å². The number of hydrogen-bond acceptors (Lipinski definition) is 6. The summed E-state index contributed by atoms with van der Waals surface area (Å²) in [5.41, 5.74) is 0.376. The molecule has 1 atom stereocenters. The second kappa shape index (κ2) is 8.68. The average molecular weight is 428 g/mol. The van der Waals surface area contributed by atoms with E-state index in [1.54, 1.807) is 16.8 Å². The van der Waals surface area contributed by atoms with Crippen molar-refractivity contribution in [3.63, 3.8) is 0 Å². The summed E-state index contributed by atoms with van der Waals surface area (Å²) in [4.78, 5) is 14.5. The molecule has 1 aliphatic heterocycles. The number of morpholine rings is 1.